The number of hydrogen-bond donors (Lipinski definition) is 4. The van der Waals surface area contributed by atoms with Crippen molar-refractivity contribution in [2.45, 2.75) is 70.6 Å². The van der Waals surface area contributed by atoms with Gasteiger partial charge < -0.3 is 45.1 Å². The number of aliphatic hydroxyl groups is 1. The van der Waals surface area contributed by atoms with Crippen LogP contribution < -0.4 is 30.2 Å². The van der Waals surface area contributed by atoms with E-state index >= 15 is 0 Å². The van der Waals surface area contributed by atoms with Crippen molar-refractivity contribution in [1.82, 2.24) is 15.1 Å². The van der Waals surface area contributed by atoms with Crippen LogP contribution in [0.2, 0.25) is 0 Å². The van der Waals surface area contributed by atoms with Gasteiger partial charge in [0.15, 0.2) is 11.5 Å². The van der Waals surface area contributed by atoms with Crippen LogP contribution in [0.4, 0.5) is 21.0 Å². The van der Waals surface area contributed by atoms with Crippen molar-refractivity contribution in [3.05, 3.63) is 42.0 Å². The molecule has 2 aromatic rings. The number of urea groups is 2. The number of benzene rings is 2. The SMILES string of the molecule is C[C@@H]1CN([C@H](C)CO)C(=O)Cc2cc(NC(=O)NC3CCCCC3)ccc2O[C@@H]1CN(C)C(=O)Nc1ccc2c(c1)OCO2. The maximum Gasteiger partial charge on any atom is 0.321 e. The molecule has 2 aromatic carbocycles. The number of fused-ring (bicyclic) bond motifs is 2. The molecule has 0 spiro atoms. The molecular formula is C32H43N5O7. The van der Waals surface area contributed by atoms with Gasteiger partial charge in [0.1, 0.15) is 11.9 Å². The van der Waals surface area contributed by atoms with Crippen LogP contribution in [0.25, 0.3) is 0 Å². The Bertz CT molecular complexity index is 1350. The number of rotatable bonds is 7. The number of carbonyl (C=O) groups excluding carboxylic acids is 3. The van der Waals surface area contributed by atoms with Gasteiger partial charge in [-0.05, 0) is 50.1 Å². The fourth-order valence-electron chi connectivity index (χ4n) is 5.87. The van der Waals surface area contributed by atoms with Crippen molar-refractivity contribution in [2.75, 3.05) is 44.2 Å². The normalized spacial score (nSPS) is 20.7. The zero-order valence-corrected chi connectivity index (χ0v) is 25.6. The molecular weight excluding hydrogens is 566 g/mol. The molecule has 2 heterocycles. The number of amides is 5. The summed E-state index contributed by atoms with van der Waals surface area (Å²) in [7, 11) is 1.68. The van der Waals surface area contributed by atoms with Gasteiger partial charge >= 0.3 is 12.1 Å². The van der Waals surface area contributed by atoms with Crippen molar-refractivity contribution in [2.24, 2.45) is 5.92 Å². The number of carbonyl (C=O) groups is 3. The average molecular weight is 610 g/mol. The molecule has 5 amide bonds. The molecule has 0 unspecified atom stereocenters. The molecule has 0 bridgehead atoms. The third-order valence-electron chi connectivity index (χ3n) is 8.54. The second-order valence-electron chi connectivity index (χ2n) is 12.0. The lowest BCUT2D eigenvalue weighted by atomic mass is 9.96. The van der Waals surface area contributed by atoms with E-state index in [9.17, 15) is 19.5 Å². The highest BCUT2D eigenvalue weighted by molar-refractivity contribution is 5.90. The van der Waals surface area contributed by atoms with E-state index in [1.54, 1.807) is 55.3 Å². The Morgan fingerprint density at radius 2 is 1.73 bits per heavy atom. The molecule has 1 fully saturated rings. The summed E-state index contributed by atoms with van der Waals surface area (Å²) in [6.07, 6.45) is 4.93. The molecule has 2 aliphatic heterocycles. The molecule has 1 saturated carbocycles. The Balaban J connectivity index is 1.32. The monoisotopic (exact) mass is 609 g/mol. The van der Waals surface area contributed by atoms with Crippen LogP contribution in [-0.2, 0) is 11.2 Å². The number of ether oxygens (including phenoxy) is 3. The fourth-order valence-corrected chi connectivity index (χ4v) is 5.87. The molecule has 12 nitrogen and oxygen atoms in total. The Labute approximate surface area is 258 Å². The zero-order chi connectivity index (χ0) is 31.2. The Morgan fingerprint density at radius 3 is 2.48 bits per heavy atom. The van der Waals surface area contributed by atoms with Gasteiger partial charge in [0.25, 0.3) is 0 Å². The molecule has 238 valence electrons. The highest BCUT2D eigenvalue weighted by atomic mass is 16.7. The predicted molar refractivity (Wildman–Crippen MR) is 165 cm³/mol. The van der Waals surface area contributed by atoms with Gasteiger partial charge in [-0.15, -0.1) is 0 Å². The van der Waals surface area contributed by atoms with E-state index in [-0.39, 0.29) is 56.3 Å². The Hall–Kier alpha value is -4.19. The summed E-state index contributed by atoms with van der Waals surface area (Å²) in [5.74, 6) is 1.37. The van der Waals surface area contributed by atoms with Gasteiger partial charge in [-0.2, -0.15) is 0 Å². The third-order valence-corrected chi connectivity index (χ3v) is 8.54. The van der Waals surface area contributed by atoms with Crippen molar-refractivity contribution < 1.29 is 33.7 Å². The fraction of sp³-hybridized carbons (Fsp3) is 0.531. The second kappa shape index (κ2) is 14.1. The minimum Gasteiger partial charge on any atom is -0.488 e. The first-order valence-electron chi connectivity index (χ1n) is 15.4. The number of hydrogen-bond acceptors (Lipinski definition) is 7. The minimum absolute atomic E-state index is 0.0410. The first-order valence-corrected chi connectivity index (χ1v) is 15.4. The largest absolute Gasteiger partial charge is 0.488 e. The summed E-state index contributed by atoms with van der Waals surface area (Å²) >= 11 is 0. The first kappa shape index (κ1) is 31.2. The summed E-state index contributed by atoms with van der Waals surface area (Å²) in [4.78, 5) is 42.6. The first-order chi connectivity index (χ1) is 21.2. The van der Waals surface area contributed by atoms with E-state index in [1.807, 2.05) is 6.92 Å². The van der Waals surface area contributed by atoms with Gasteiger partial charge in [-0.25, -0.2) is 9.59 Å². The van der Waals surface area contributed by atoms with E-state index in [1.165, 1.54) is 11.3 Å². The lowest BCUT2D eigenvalue weighted by molar-refractivity contribution is -0.134. The highest BCUT2D eigenvalue weighted by Gasteiger charge is 2.32. The highest BCUT2D eigenvalue weighted by Crippen LogP contribution is 2.34. The lowest BCUT2D eigenvalue weighted by Crippen LogP contribution is -2.48. The standard InChI is InChI=1S/C32H43N5O7/c1-20-16-37(21(2)18-38)30(39)14-22-13-24(34-31(40)33-23-7-5-4-6-8-23)9-11-26(22)44-29(20)17-36(3)32(41)35-25-10-12-27-28(15-25)43-19-42-27/h9-13,15,20-21,23,29,38H,4-8,14,16-19H2,1-3H3,(H,35,41)(H2,33,34,40)/t20-,21-,29-/m1/s1. The van der Waals surface area contributed by atoms with Gasteiger partial charge in [0.2, 0.25) is 12.7 Å². The number of nitrogens with zero attached hydrogens (tertiary/aromatic N) is 2. The molecule has 5 rings (SSSR count). The quantitative estimate of drug-likeness (QED) is 0.369. The number of anilines is 2. The Morgan fingerprint density at radius 1 is 1.02 bits per heavy atom. The van der Waals surface area contributed by atoms with E-state index in [0.717, 1.165) is 25.7 Å². The predicted octanol–water partition coefficient (Wildman–Crippen LogP) is 4.18. The molecule has 4 N–H and O–H groups in total. The van der Waals surface area contributed by atoms with Crippen LogP contribution >= 0.6 is 0 Å². The molecule has 0 radical (unpaired) electrons. The van der Waals surface area contributed by atoms with E-state index in [0.29, 0.717) is 40.7 Å². The topological polar surface area (TPSA) is 142 Å². The number of aliphatic hydroxyl groups excluding tert-OH is 1. The lowest BCUT2D eigenvalue weighted by Gasteiger charge is -2.34. The van der Waals surface area contributed by atoms with Gasteiger partial charge in [0, 0.05) is 48.6 Å². The molecule has 44 heavy (non-hydrogen) atoms. The van der Waals surface area contributed by atoms with Crippen molar-refractivity contribution >= 4 is 29.3 Å². The van der Waals surface area contributed by atoms with Crippen LogP contribution in [0.3, 0.4) is 0 Å². The Kier molecular flexibility index (Phi) is 9.99. The van der Waals surface area contributed by atoms with Crippen LogP contribution in [0.1, 0.15) is 51.5 Å². The van der Waals surface area contributed by atoms with Gasteiger partial charge in [-0.1, -0.05) is 26.2 Å². The van der Waals surface area contributed by atoms with E-state index in [2.05, 4.69) is 16.0 Å². The van der Waals surface area contributed by atoms with Crippen LogP contribution in [0.15, 0.2) is 36.4 Å². The van der Waals surface area contributed by atoms with Gasteiger partial charge in [0.05, 0.1) is 25.6 Å². The molecule has 0 saturated heterocycles. The van der Waals surface area contributed by atoms with Crippen LogP contribution in [0, 0.1) is 5.92 Å². The van der Waals surface area contributed by atoms with E-state index < -0.39 is 12.1 Å². The summed E-state index contributed by atoms with van der Waals surface area (Å²) in [6.45, 7) is 4.30. The minimum atomic E-state index is -0.478. The summed E-state index contributed by atoms with van der Waals surface area (Å²) < 4.78 is 17.3. The maximum absolute atomic E-state index is 13.5. The van der Waals surface area contributed by atoms with Crippen LogP contribution in [0.5, 0.6) is 17.2 Å². The molecule has 0 aromatic heterocycles. The number of nitrogens with one attached hydrogen (secondary N) is 3. The zero-order valence-electron chi connectivity index (χ0n) is 25.6. The van der Waals surface area contributed by atoms with Gasteiger partial charge in [-0.3, -0.25) is 4.79 Å². The second-order valence-corrected chi connectivity index (χ2v) is 12.0. The van der Waals surface area contributed by atoms with E-state index in [4.69, 9.17) is 14.2 Å². The third kappa shape index (κ3) is 7.65. The summed E-state index contributed by atoms with van der Waals surface area (Å²) in [6, 6.07) is 9.64. The van der Waals surface area contributed by atoms with Crippen molar-refractivity contribution in [3.63, 3.8) is 0 Å². The summed E-state index contributed by atoms with van der Waals surface area (Å²) in [5.41, 5.74) is 1.74. The molecule has 3 atom stereocenters. The van der Waals surface area contributed by atoms with Crippen molar-refractivity contribution in [3.8, 4) is 17.2 Å². The van der Waals surface area contributed by atoms with Crippen molar-refractivity contribution in [1.29, 1.82) is 0 Å². The summed E-state index contributed by atoms with van der Waals surface area (Å²) in [5, 5.41) is 18.8. The molecule has 12 heteroatoms. The molecule has 3 aliphatic rings. The average Bonchev–Trinajstić information content (AvgIpc) is 3.49. The molecule has 1 aliphatic carbocycles. The maximum atomic E-state index is 13.5. The van der Waals surface area contributed by atoms with Crippen LogP contribution in [-0.4, -0.2) is 84.6 Å². The smallest absolute Gasteiger partial charge is 0.321 e. The number of likely N-dealkylation sites (N-methyl/N-ethyl adjacent to an activating group) is 1.